The van der Waals surface area contributed by atoms with Gasteiger partial charge < -0.3 is 10.6 Å². The number of nitrogens with one attached hydrogen (secondary N) is 2. The second kappa shape index (κ2) is 8.13. The first kappa shape index (κ1) is 17.5. The molecule has 0 spiro atoms. The number of anilines is 2. The van der Waals surface area contributed by atoms with Gasteiger partial charge in [-0.3, -0.25) is 4.79 Å². The molecule has 0 saturated heterocycles. The summed E-state index contributed by atoms with van der Waals surface area (Å²) in [5.74, 6) is 0.0536. The fourth-order valence-corrected chi connectivity index (χ4v) is 2.43. The third kappa shape index (κ3) is 4.81. The Kier molecular flexibility index (Phi) is 6.19. The van der Waals surface area contributed by atoms with E-state index in [1.54, 1.807) is 24.3 Å². The van der Waals surface area contributed by atoms with Crippen LogP contribution in [0, 0.1) is 6.92 Å². The highest BCUT2D eigenvalue weighted by molar-refractivity contribution is 6.40. The molecule has 0 saturated carbocycles. The number of para-hydroxylation sites is 1. The molecule has 2 N–H and O–H groups in total. The number of amides is 1. The Labute approximate surface area is 145 Å². The van der Waals surface area contributed by atoms with Crippen molar-refractivity contribution in [3.63, 3.8) is 0 Å². The average Bonchev–Trinajstić information content (AvgIpc) is 2.50. The lowest BCUT2D eigenvalue weighted by Gasteiger charge is -2.10. The number of nitrogens with zero attached hydrogens (tertiary/aromatic N) is 2. The maximum atomic E-state index is 12.4. The van der Waals surface area contributed by atoms with Gasteiger partial charge >= 0.3 is 0 Å². The van der Waals surface area contributed by atoms with Gasteiger partial charge in [0.2, 0.25) is 5.95 Å². The molecule has 1 aromatic carbocycles. The molecule has 7 heteroatoms. The van der Waals surface area contributed by atoms with Crippen LogP contribution < -0.4 is 10.6 Å². The topological polar surface area (TPSA) is 66.9 Å². The van der Waals surface area contributed by atoms with E-state index < -0.39 is 0 Å². The lowest BCUT2D eigenvalue weighted by molar-refractivity contribution is 0.102. The SMILES string of the molecule is CCCCNc1nc(C)cc(C(=O)Nc2c(Cl)cccc2Cl)n1. The molecule has 0 aliphatic rings. The minimum atomic E-state index is -0.385. The fourth-order valence-electron chi connectivity index (χ4n) is 1.94. The van der Waals surface area contributed by atoms with Crippen molar-refractivity contribution < 1.29 is 4.79 Å². The minimum absolute atomic E-state index is 0.257. The number of halogens is 2. The summed E-state index contributed by atoms with van der Waals surface area (Å²) in [5, 5.41) is 6.56. The summed E-state index contributed by atoms with van der Waals surface area (Å²) in [5.41, 5.74) is 1.33. The molecule has 0 radical (unpaired) electrons. The number of carbonyl (C=O) groups excluding carboxylic acids is 1. The van der Waals surface area contributed by atoms with Gasteiger partial charge in [0, 0.05) is 12.2 Å². The third-order valence-corrected chi connectivity index (χ3v) is 3.73. The first-order valence-electron chi connectivity index (χ1n) is 7.36. The van der Waals surface area contributed by atoms with Gasteiger partial charge in [-0.15, -0.1) is 0 Å². The predicted molar refractivity (Wildman–Crippen MR) is 94.6 cm³/mol. The van der Waals surface area contributed by atoms with Crippen LogP contribution in [0.5, 0.6) is 0 Å². The van der Waals surface area contributed by atoms with Crippen molar-refractivity contribution in [1.29, 1.82) is 0 Å². The van der Waals surface area contributed by atoms with Crippen LogP contribution in [0.2, 0.25) is 10.0 Å². The number of rotatable bonds is 6. The van der Waals surface area contributed by atoms with Crippen LogP contribution in [-0.2, 0) is 0 Å². The van der Waals surface area contributed by atoms with E-state index in [-0.39, 0.29) is 11.6 Å². The molecule has 0 unspecified atom stereocenters. The van der Waals surface area contributed by atoms with Gasteiger partial charge in [-0.25, -0.2) is 9.97 Å². The van der Waals surface area contributed by atoms with Gasteiger partial charge in [0.25, 0.3) is 5.91 Å². The van der Waals surface area contributed by atoms with Gasteiger partial charge in [0.15, 0.2) is 0 Å². The number of benzene rings is 1. The van der Waals surface area contributed by atoms with Crippen molar-refractivity contribution in [3.05, 3.63) is 45.7 Å². The molecule has 1 aromatic heterocycles. The molecular formula is C16H18Cl2N4O. The lowest BCUT2D eigenvalue weighted by atomic mass is 10.2. The second-order valence-corrected chi connectivity index (χ2v) is 5.86. The van der Waals surface area contributed by atoms with E-state index in [4.69, 9.17) is 23.2 Å². The van der Waals surface area contributed by atoms with Gasteiger partial charge in [0.05, 0.1) is 15.7 Å². The van der Waals surface area contributed by atoms with Crippen molar-refractivity contribution in [2.24, 2.45) is 0 Å². The fraction of sp³-hybridized carbons (Fsp3) is 0.312. The van der Waals surface area contributed by atoms with Crippen molar-refractivity contribution in [1.82, 2.24) is 9.97 Å². The first-order valence-corrected chi connectivity index (χ1v) is 8.11. The van der Waals surface area contributed by atoms with Gasteiger partial charge in [-0.1, -0.05) is 42.6 Å². The number of carbonyl (C=O) groups is 1. The number of hydrogen-bond acceptors (Lipinski definition) is 4. The van der Waals surface area contributed by atoms with E-state index in [9.17, 15) is 4.79 Å². The van der Waals surface area contributed by atoms with E-state index in [1.165, 1.54) is 0 Å². The van der Waals surface area contributed by atoms with Crippen LogP contribution in [-0.4, -0.2) is 22.4 Å². The molecular weight excluding hydrogens is 335 g/mol. The Balaban J connectivity index is 2.18. The molecule has 0 aliphatic heterocycles. The van der Waals surface area contributed by atoms with E-state index in [0.717, 1.165) is 19.4 Å². The van der Waals surface area contributed by atoms with Crippen molar-refractivity contribution in [2.45, 2.75) is 26.7 Å². The zero-order valence-corrected chi connectivity index (χ0v) is 14.5. The summed E-state index contributed by atoms with van der Waals surface area (Å²) in [6.45, 7) is 4.67. The number of unbranched alkanes of at least 4 members (excludes halogenated alkanes) is 1. The molecule has 5 nitrogen and oxygen atoms in total. The summed E-state index contributed by atoms with van der Waals surface area (Å²) in [7, 11) is 0. The number of aromatic nitrogens is 2. The van der Waals surface area contributed by atoms with Crippen LogP contribution in [0.3, 0.4) is 0 Å². The maximum absolute atomic E-state index is 12.4. The van der Waals surface area contributed by atoms with Crippen molar-refractivity contribution in [2.75, 3.05) is 17.2 Å². The first-order chi connectivity index (χ1) is 11.0. The zero-order valence-electron chi connectivity index (χ0n) is 13.0. The zero-order chi connectivity index (χ0) is 16.8. The molecule has 0 fully saturated rings. The van der Waals surface area contributed by atoms with E-state index >= 15 is 0 Å². The van der Waals surface area contributed by atoms with Crippen molar-refractivity contribution >= 4 is 40.7 Å². The smallest absolute Gasteiger partial charge is 0.274 e. The van der Waals surface area contributed by atoms with Crippen LogP contribution >= 0.6 is 23.2 Å². The quantitative estimate of drug-likeness (QED) is 0.748. The Morgan fingerprint density at radius 3 is 2.57 bits per heavy atom. The van der Waals surface area contributed by atoms with Crippen LogP contribution in [0.25, 0.3) is 0 Å². The molecule has 2 aromatic rings. The second-order valence-electron chi connectivity index (χ2n) is 5.05. The third-order valence-electron chi connectivity index (χ3n) is 3.10. The van der Waals surface area contributed by atoms with Gasteiger partial charge in [0.1, 0.15) is 5.69 Å². The monoisotopic (exact) mass is 352 g/mol. The summed E-state index contributed by atoms with van der Waals surface area (Å²) >= 11 is 12.1. The van der Waals surface area contributed by atoms with E-state index in [1.807, 2.05) is 6.92 Å². The molecule has 0 aliphatic carbocycles. The Morgan fingerprint density at radius 2 is 1.91 bits per heavy atom. The Hall–Kier alpha value is -1.85. The average molecular weight is 353 g/mol. The highest BCUT2D eigenvalue weighted by Gasteiger charge is 2.14. The lowest BCUT2D eigenvalue weighted by Crippen LogP contribution is -2.17. The maximum Gasteiger partial charge on any atom is 0.274 e. The number of aryl methyl sites for hydroxylation is 1. The highest BCUT2D eigenvalue weighted by atomic mass is 35.5. The standard InChI is InChI=1S/C16H18Cl2N4O/c1-3-4-8-19-16-20-10(2)9-13(21-16)15(23)22-14-11(17)6-5-7-12(14)18/h5-7,9H,3-4,8H2,1-2H3,(H,22,23)(H,19,20,21). The van der Waals surface area contributed by atoms with E-state index in [2.05, 4.69) is 27.5 Å². The predicted octanol–water partition coefficient (Wildman–Crippen LogP) is 4.56. The summed E-state index contributed by atoms with van der Waals surface area (Å²) in [6, 6.07) is 6.65. The molecule has 2 rings (SSSR count). The van der Waals surface area contributed by atoms with Crippen LogP contribution in [0.4, 0.5) is 11.6 Å². The number of hydrogen-bond donors (Lipinski definition) is 2. The van der Waals surface area contributed by atoms with Crippen LogP contribution in [0.1, 0.15) is 35.9 Å². The summed E-state index contributed by atoms with van der Waals surface area (Å²) < 4.78 is 0. The summed E-state index contributed by atoms with van der Waals surface area (Å²) in [6.07, 6.45) is 2.07. The Bertz CT molecular complexity index is 686. The molecule has 0 bridgehead atoms. The molecule has 1 amide bonds. The minimum Gasteiger partial charge on any atom is -0.354 e. The summed E-state index contributed by atoms with van der Waals surface area (Å²) in [4.78, 5) is 20.9. The Morgan fingerprint density at radius 1 is 1.22 bits per heavy atom. The normalized spacial score (nSPS) is 10.4. The highest BCUT2D eigenvalue weighted by Crippen LogP contribution is 2.30. The van der Waals surface area contributed by atoms with Crippen molar-refractivity contribution in [3.8, 4) is 0 Å². The molecule has 0 atom stereocenters. The van der Waals surface area contributed by atoms with Gasteiger partial charge in [-0.05, 0) is 31.5 Å². The van der Waals surface area contributed by atoms with Gasteiger partial charge in [-0.2, -0.15) is 0 Å². The van der Waals surface area contributed by atoms with Crippen LogP contribution in [0.15, 0.2) is 24.3 Å². The largest absolute Gasteiger partial charge is 0.354 e. The van der Waals surface area contributed by atoms with E-state index in [0.29, 0.717) is 27.4 Å². The molecule has 122 valence electrons. The molecule has 1 heterocycles. The molecule has 23 heavy (non-hydrogen) atoms.